The summed E-state index contributed by atoms with van der Waals surface area (Å²) in [5.74, 6) is 0. The number of nitrogens with zero attached hydrogens (tertiary/aromatic N) is 1. The predicted octanol–water partition coefficient (Wildman–Crippen LogP) is 1.06. The van der Waals surface area contributed by atoms with Gasteiger partial charge in [0.15, 0.2) is 0 Å². The minimum atomic E-state index is -4.21. The number of alkyl halides is 3. The summed E-state index contributed by atoms with van der Waals surface area (Å²) in [5, 5.41) is 3.39. The van der Waals surface area contributed by atoms with Gasteiger partial charge < -0.3 is 0 Å². The quantitative estimate of drug-likeness (QED) is 0.701. The fourth-order valence-corrected chi connectivity index (χ4v) is 1.61. The van der Waals surface area contributed by atoms with Crippen molar-refractivity contribution in [1.29, 1.82) is 0 Å². The van der Waals surface area contributed by atoms with E-state index in [2.05, 4.69) is 25.7 Å². The first-order chi connectivity index (χ1) is 5.96. The molecule has 1 aliphatic rings. The van der Waals surface area contributed by atoms with E-state index in [1.807, 2.05) is 0 Å². The van der Waals surface area contributed by atoms with E-state index >= 15 is 0 Å². The number of hydrogen-bond donors (Lipinski definition) is 0. The van der Waals surface area contributed by atoms with Gasteiger partial charge in [0.05, 0.1) is 0 Å². The summed E-state index contributed by atoms with van der Waals surface area (Å²) < 4.78 is 42.4. The van der Waals surface area contributed by atoms with Gasteiger partial charge in [-0.05, 0) is 0 Å². The third-order valence-corrected chi connectivity index (χ3v) is 2.68. The Bertz CT molecular complexity index is 329. The summed E-state index contributed by atoms with van der Waals surface area (Å²) in [4.78, 5) is 0. The second kappa shape index (κ2) is 2.51. The van der Waals surface area contributed by atoms with Gasteiger partial charge in [0.2, 0.25) is 0 Å². The first-order valence-electron chi connectivity index (χ1n) is 3.67. The molecule has 2 nitrogen and oxygen atoms in total. The number of rotatable bonds is 1. The van der Waals surface area contributed by atoms with Crippen molar-refractivity contribution in [3.63, 3.8) is 0 Å². The molecule has 1 heterocycles. The van der Waals surface area contributed by atoms with E-state index in [1.54, 1.807) is 0 Å². The Morgan fingerprint density at radius 3 is 2.38 bits per heavy atom. The summed E-state index contributed by atoms with van der Waals surface area (Å²) in [7, 11) is 0. The summed E-state index contributed by atoms with van der Waals surface area (Å²) in [6.07, 6.45) is -3.98. The molecule has 6 heteroatoms. The molecule has 0 saturated heterocycles. The molecule has 0 atom stereocenters. The second-order valence-electron chi connectivity index (χ2n) is 3.11. The van der Waals surface area contributed by atoms with Crippen molar-refractivity contribution >= 4 is 20.7 Å². The second-order valence-corrected chi connectivity index (χ2v) is 3.96. The third kappa shape index (κ3) is 1.28. The zero-order valence-electron chi connectivity index (χ0n) is 6.39. The van der Waals surface area contributed by atoms with Crippen LogP contribution in [0.15, 0.2) is 10.6 Å². The Hall–Kier alpha value is -0.481. The molecule has 0 aromatic carbocycles. The van der Waals surface area contributed by atoms with Crippen LogP contribution >= 0.6 is 0 Å². The van der Waals surface area contributed by atoms with Gasteiger partial charge in [-0.3, -0.25) is 0 Å². The van der Waals surface area contributed by atoms with E-state index < -0.39 is 11.6 Å². The van der Waals surface area contributed by atoms with Crippen LogP contribution in [0.1, 0.15) is 18.5 Å². The predicted molar refractivity (Wildman–Crippen MR) is 38.9 cm³/mol. The Morgan fingerprint density at radius 1 is 1.46 bits per heavy atom. The van der Waals surface area contributed by atoms with Gasteiger partial charge in [0, 0.05) is 0 Å². The zero-order valence-corrected chi connectivity index (χ0v) is 8.10. The molecule has 1 fully saturated rings. The van der Waals surface area contributed by atoms with Gasteiger partial charge in [-0.1, -0.05) is 0 Å². The fourth-order valence-electron chi connectivity index (χ4n) is 1.29. The SMILES string of the molecule is FC(F)(F)C1(c2cc([Se])on2)CC1. The van der Waals surface area contributed by atoms with Gasteiger partial charge in [-0.2, -0.15) is 0 Å². The van der Waals surface area contributed by atoms with Crippen molar-refractivity contribution in [2.24, 2.45) is 0 Å². The molecule has 1 aromatic heterocycles. The van der Waals surface area contributed by atoms with Crippen LogP contribution < -0.4 is 4.66 Å². The van der Waals surface area contributed by atoms with Gasteiger partial charge in [0.1, 0.15) is 0 Å². The molecule has 2 rings (SSSR count). The molecule has 1 aliphatic carbocycles. The standard InChI is InChI=1S/C7H5F3NOSe/c8-7(9,10)6(1-2-6)4-3-5(13)12-11-4/h3H,1-2H2. The van der Waals surface area contributed by atoms with Gasteiger partial charge in [-0.25, -0.2) is 0 Å². The molecule has 1 saturated carbocycles. The molecule has 0 aliphatic heterocycles. The summed E-state index contributed by atoms with van der Waals surface area (Å²) in [6.45, 7) is 0. The molecular formula is C7H5F3NOSe. The maximum absolute atomic E-state index is 12.5. The van der Waals surface area contributed by atoms with Crippen molar-refractivity contribution in [1.82, 2.24) is 5.16 Å². The molecule has 0 unspecified atom stereocenters. The monoisotopic (exact) mass is 256 g/mol. The van der Waals surface area contributed by atoms with Crippen LogP contribution in [0, 0.1) is 0 Å². The first kappa shape index (κ1) is 9.09. The average molecular weight is 255 g/mol. The van der Waals surface area contributed by atoms with Crippen LogP contribution in [0.2, 0.25) is 0 Å². The van der Waals surface area contributed by atoms with Crippen LogP contribution in [0.4, 0.5) is 13.2 Å². The third-order valence-electron chi connectivity index (χ3n) is 2.27. The van der Waals surface area contributed by atoms with E-state index in [4.69, 9.17) is 0 Å². The van der Waals surface area contributed by atoms with E-state index in [-0.39, 0.29) is 18.5 Å². The summed E-state index contributed by atoms with van der Waals surface area (Å²) in [6, 6.07) is 1.31. The van der Waals surface area contributed by atoms with Gasteiger partial charge in [0.25, 0.3) is 0 Å². The van der Waals surface area contributed by atoms with Crippen LogP contribution in [0.3, 0.4) is 0 Å². The molecule has 0 amide bonds. The van der Waals surface area contributed by atoms with Gasteiger partial charge >= 0.3 is 79.7 Å². The van der Waals surface area contributed by atoms with Crippen molar-refractivity contribution in [2.45, 2.75) is 24.4 Å². The molecule has 1 aromatic rings. The summed E-state index contributed by atoms with van der Waals surface area (Å²) in [5.41, 5.74) is -1.73. The van der Waals surface area contributed by atoms with Crippen molar-refractivity contribution in [2.75, 3.05) is 0 Å². The molecular weight excluding hydrogens is 250 g/mol. The number of halogens is 3. The topological polar surface area (TPSA) is 26.0 Å². The van der Waals surface area contributed by atoms with Crippen LogP contribution in [-0.4, -0.2) is 27.3 Å². The van der Waals surface area contributed by atoms with Crippen LogP contribution in [0.25, 0.3) is 0 Å². The Balaban J connectivity index is 2.36. The zero-order chi connectivity index (χ0) is 9.69. The fraction of sp³-hybridized carbons (Fsp3) is 0.571. The number of hydrogen-bond acceptors (Lipinski definition) is 2. The molecule has 0 bridgehead atoms. The normalized spacial score (nSPS) is 20.2. The van der Waals surface area contributed by atoms with E-state index in [0.717, 1.165) is 0 Å². The van der Waals surface area contributed by atoms with E-state index in [0.29, 0.717) is 4.66 Å². The number of aromatic nitrogens is 1. The minimum absolute atomic E-state index is 0.00579. The summed E-state index contributed by atoms with van der Waals surface area (Å²) >= 11 is 2.48. The van der Waals surface area contributed by atoms with Crippen molar-refractivity contribution in [3.05, 3.63) is 11.8 Å². The Morgan fingerprint density at radius 2 is 2.08 bits per heavy atom. The van der Waals surface area contributed by atoms with Gasteiger partial charge in [-0.15, -0.1) is 0 Å². The molecule has 13 heavy (non-hydrogen) atoms. The first-order valence-corrected chi connectivity index (χ1v) is 4.52. The Kier molecular flexibility index (Phi) is 1.76. The molecule has 0 N–H and O–H groups in total. The van der Waals surface area contributed by atoms with Crippen molar-refractivity contribution in [3.8, 4) is 0 Å². The Labute approximate surface area is 80.3 Å². The van der Waals surface area contributed by atoms with Crippen LogP contribution in [0.5, 0.6) is 0 Å². The van der Waals surface area contributed by atoms with Crippen molar-refractivity contribution < 1.29 is 17.7 Å². The average Bonchev–Trinajstić information content (AvgIpc) is 2.70. The maximum atomic E-state index is 12.5. The molecule has 0 spiro atoms. The molecule has 1 radical (unpaired) electrons. The molecule has 71 valence electrons. The van der Waals surface area contributed by atoms with Crippen LogP contribution in [-0.2, 0) is 5.41 Å². The van der Waals surface area contributed by atoms with E-state index in [1.165, 1.54) is 6.07 Å². The van der Waals surface area contributed by atoms with E-state index in [9.17, 15) is 13.2 Å².